The van der Waals surface area contributed by atoms with Crippen LogP contribution in [0.1, 0.15) is 26.2 Å². The predicted octanol–water partition coefficient (Wildman–Crippen LogP) is 2.12. The van der Waals surface area contributed by atoms with E-state index in [-0.39, 0.29) is 0 Å². The fourth-order valence-electron chi connectivity index (χ4n) is 1.28. The van der Waals surface area contributed by atoms with Crippen LogP contribution in [-0.4, -0.2) is 16.1 Å². The average molecular weight is 191 g/mol. The van der Waals surface area contributed by atoms with Crippen LogP contribution >= 0.6 is 0 Å². The second-order valence-corrected chi connectivity index (χ2v) is 3.12. The van der Waals surface area contributed by atoms with Crippen LogP contribution in [0.2, 0.25) is 0 Å². The third kappa shape index (κ3) is 3.14. The Hall–Kier alpha value is -1.43. The van der Waals surface area contributed by atoms with Gasteiger partial charge in [-0.15, -0.1) is 12.3 Å². The van der Waals surface area contributed by atoms with Crippen LogP contribution in [0, 0.1) is 12.3 Å². The molecule has 0 bridgehead atoms. The first-order chi connectivity index (χ1) is 6.88. The summed E-state index contributed by atoms with van der Waals surface area (Å²) in [7, 11) is 0. The lowest BCUT2D eigenvalue weighted by Gasteiger charge is -2.06. The fraction of sp³-hybridized carbons (Fsp3) is 0.545. The van der Waals surface area contributed by atoms with Crippen molar-refractivity contribution in [1.82, 2.24) is 9.55 Å². The van der Waals surface area contributed by atoms with Crippen molar-refractivity contribution in [2.75, 3.05) is 11.9 Å². The first kappa shape index (κ1) is 10.6. The molecule has 0 atom stereocenters. The first-order valence-corrected chi connectivity index (χ1v) is 5.07. The maximum atomic E-state index is 5.16. The summed E-state index contributed by atoms with van der Waals surface area (Å²) in [4.78, 5) is 4.22. The Morgan fingerprint density at radius 1 is 1.57 bits per heavy atom. The van der Waals surface area contributed by atoms with Gasteiger partial charge in [0.25, 0.3) is 0 Å². The van der Waals surface area contributed by atoms with Gasteiger partial charge in [-0.3, -0.25) is 0 Å². The maximum absolute atomic E-state index is 5.16. The van der Waals surface area contributed by atoms with E-state index in [2.05, 4.69) is 27.7 Å². The number of aryl methyl sites for hydroxylation is 1. The molecule has 0 saturated carbocycles. The van der Waals surface area contributed by atoms with Crippen molar-refractivity contribution in [3.05, 3.63) is 12.4 Å². The van der Waals surface area contributed by atoms with Gasteiger partial charge in [-0.2, -0.15) is 0 Å². The van der Waals surface area contributed by atoms with E-state index < -0.39 is 0 Å². The molecule has 0 aliphatic rings. The number of nitrogens with one attached hydrogen (secondary N) is 1. The van der Waals surface area contributed by atoms with Crippen LogP contribution < -0.4 is 5.32 Å². The molecule has 0 aromatic carbocycles. The van der Waals surface area contributed by atoms with E-state index in [9.17, 15) is 0 Å². The van der Waals surface area contributed by atoms with Gasteiger partial charge in [0.05, 0.1) is 0 Å². The van der Waals surface area contributed by atoms with Crippen LogP contribution in [0.3, 0.4) is 0 Å². The summed E-state index contributed by atoms with van der Waals surface area (Å²) >= 11 is 0. The van der Waals surface area contributed by atoms with Gasteiger partial charge >= 0.3 is 0 Å². The van der Waals surface area contributed by atoms with Crippen LogP contribution in [0.25, 0.3) is 0 Å². The second-order valence-electron chi connectivity index (χ2n) is 3.12. The zero-order valence-electron chi connectivity index (χ0n) is 8.66. The van der Waals surface area contributed by atoms with E-state index in [1.54, 1.807) is 0 Å². The van der Waals surface area contributed by atoms with Crippen molar-refractivity contribution in [2.24, 2.45) is 0 Å². The average Bonchev–Trinajstić information content (AvgIpc) is 2.65. The number of unbranched alkanes of at least 4 members (excludes halogenated alkanes) is 2. The third-order valence-corrected chi connectivity index (χ3v) is 2.09. The Balaban J connectivity index is 2.21. The number of aromatic nitrogens is 2. The number of hydrogen-bond acceptors (Lipinski definition) is 2. The van der Waals surface area contributed by atoms with E-state index in [4.69, 9.17) is 6.42 Å². The summed E-state index contributed by atoms with van der Waals surface area (Å²) in [5, 5.41) is 3.29. The van der Waals surface area contributed by atoms with Crippen molar-refractivity contribution in [2.45, 2.75) is 32.7 Å². The SMILES string of the molecule is C#CCCCCNc1nccn1CC. The predicted molar refractivity (Wildman–Crippen MR) is 59.1 cm³/mol. The fourth-order valence-corrected chi connectivity index (χ4v) is 1.28. The normalized spacial score (nSPS) is 9.71. The summed E-state index contributed by atoms with van der Waals surface area (Å²) in [6.45, 7) is 4.00. The summed E-state index contributed by atoms with van der Waals surface area (Å²) in [5.74, 6) is 3.59. The smallest absolute Gasteiger partial charge is 0.202 e. The number of nitrogens with zero attached hydrogens (tertiary/aromatic N) is 2. The third-order valence-electron chi connectivity index (χ3n) is 2.09. The van der Waals surface area contributed by atoms with Gasteiger partial charge in [-0.05, 0) is 19.8 Å². The van der Waals surface area contributed by atoms with Gasteiger partial charge in [0.2, 0.25) is 5.95 Å². The zero-order chi connectivity index (χ0) is 10.2. The van der Waals surface area contributed by atoms with E-state index >= 15 is 0 Å². The molecule has 14 heavy (non-hydrogen) atoms. The molecular formula is C11H17N3. The minimum absolute atomic E-state index is 0.865. The Kier molecular flexibility index (Phi) is 4.63. The highest BCUT2D eigenvalue weighted by molar-refractivity contribution is 5.25. The number of rotatable bonds is 6. The highest BCUT2D eigenvalue weighted by Crippen LogP contribution is 2.04. The molecule has 76 valence electrons. The molecule has 3 nitrogen and oxygen atoms in total. The highest BCUT2D eigenvalue weighted by Gasteiger charge is 1.98. The molecule has 0 radical (unpaired) electrons. The van der Waals surface area contributed by atoms with Gasteiger partial charge in [0.1, 0.15) is 0 Å². The van der Waals surface area contributed by atoms with Crippen molar-refractivity contribution in [1.29, 1.82) is 0 Å². The molecular weight excluding hydrogens is 174 g/mol. The first-order valence-electron chi connectivity index (χ1n) is 5.07. The molecule has 3 heteroatoms. The molecule has 0 spiro atoms. The Morgan fingerprint density at radius 3 is 3.14 bits per heavy atom. The molecule has 0 unspecified atom stereocenters. The molecule has 0 saturated heterocycles. The minimum Gasteiger partial charge on any atom is -0.356 e. The molecule has 0 aliphatic heterocycles. The Morgan fingerprint density at radius 2 is 2.43 bits per heavy atom. The number of anilines is 1. The summed E-state index contributed by atoms with van der Waals surface area (Å²) < 4.78 is 2.08. The van der Waals surface area contributed by atoms with E-state index in [0.717, 1.165) is 38.3 Å². The molecule has 1 aromatic heterocycles. The largest absolute Gasteiger partial charge is 0.356 e. The molecule has 1 rings (SSSR count). The number of terminal acetylenes is 1. The van der Waals surface area contributed by atoms with Crippen LogP contribution in [-0.2, 0) is 6.54 Å². The van der Waals surface area contributed by atoms with Crippen molar-refractivity contribution >= 4 is 5.95 Å². The lowest BCUT2D eigenvalue weighted by Crippen LogP contribution is -2.07. The van der Waals surface area contributed by atoms with Gasteiger partial charge < -0.3 is 9.88 Å². The van der Waals surface area contributed by atoms with Crippen LogP contribution in [0.15, 0.2) is 12.4 Å². The lowest BCUT2D eigenvalue weighted by atomic mass is 10.2. The highest BCUT2D eigenvalue weighted by atomic mass is 15.2. The van der Waals surface area contributed by atoms with E-state index in [1.165, 1.54) is 0 Å². The molecule has 0 aliphatic carbocycles. The van der Waals surface area contributed by atoms with Gasteiger partial charge in [-0.1, -0.05) is 0 Å². The monoisotopic (exact) mass is 191 g/mol. The second kappa shape index (κ2) is 6.09. The molecule has 1 N–H and O–H groups in total. The number of imidazole rings is 1. The number of hydrogen-bond donors (Lipinski definition) is 1. The Bertz CT molecular complexity index is 296. The summed E-state index contributed by atoms with van der Waals surface area (Å²) in [6, 6.07) is 0. The van der Waals surface area contributed by atoms with E-state index in [1.807, 2.05) is 12.4 Å². The van der Waals surface area contributed by atoms with Gasteiger partial charge in [0.15, 0.2) is 0 Å². The summed E-state index contributed by atoms with van der Waals surface area (Å²) in [5.41, 5.74) is 0. The quantitative estimate of drug-likeness (QED) is 0.551. The van der Waals surface area contributed by atoms with E-state index in [0.29, 0.717) is 0 Å². The molecule has 1 aromatic rings. The molecule has 0 amide bonds. The van der Waals surface area contributed by atoms with Gasteiger partial charge in [-0.25, -0.2) is 4.98 Å². The molecule has 1 heterocycles. The summed E-state index contributed by atoms with van der Waals surface area (Å²) in [6.07, 6.45) is 12.0. The van der Waals surface area contributed by atoms with Crippen LogP contribution in [0.4, 0.5) is 5.95 Å². The lowest BCUT2D eigenvalue weighted by molar-refractivity contribution is 0.742. The van der Waals surface area contributed by atoms with Crippen molar-refractivity contribution < 1.29 is 0 Å². The Labute approximate surface area is 85.5 Å². The van der Waals surface area contributed by atoms with Crippen molar-refractivity contribution in [3.63, 3.8) is 0 Å². The van der Waals surface area contributed by atoms with Gasteiger partial charge in [0, 0.05) is 31.9 Å². The maximum Gasteiger partial charge on any atom is 0.202 e. The van der Waals surface area contributed by atoms with Crippen molar-refractivity contribution in [3.8, 4) is 12.3 Å². The van der Waals surface area contributed by atoms with Crippen LogP contribution in [0.5, 0.6) is 0 Å². The topological polar surface area (TPSA) is 29.9 Å². The molecule has 0 fully saturated rings. The zero-order valence-corrected chi connectivity index (χ0v) is 8.66. The standard InChI is InChI=1S/C11H17N3/c1-3-5-6-7-8-12-11-13-9-10-14(11)4-2/h1,9-10H,4-8H2,2H3,(H,12,13). The minimum atomic E-state index is 0.865.